The first-order chi connectivity index (χ1) is 6.31. The van der Waals surface area contributed by atoms with Gasteiger partial charge in [0.05, 0.1) is 6.10 Å². The Morgan fingerprint density at radius 2 is 2.00 bits per heavy atom. The number of likely N-dealkylation sites (tertiary alicyclic amines) is 1. The van der Waals surface area contributed by atoms with Gasteiger partial charge in [0.1, 0.15) is 0 Å². The number of methoxy groups -OCH3 is 1. The summed E-state index contributed by atoms with van der Waals surface area (Å²) in [5, 5.41) is 0. The molecule has 0 amide bonds. The summed E-state index contributed by atoms with van der Waals surface area (Å²) >= 11 is 0. The lowest BCUT2D eigenvalue weighted by Gasteiger charge is -2.40. The molecule has 0 aromatic rings. The summed E-state index contributed by atoms with van der Waals surface area (Å²) in [4.78, 5) is 2.71. The molecule has 0 unspecified atom stereocenters. The van der Waals surface area contributed by atoms with Gasteiger partial charge in [0, 0.05) is 19.7 Å². The van der Waals surface area contributed by atoms with E-state index in [2.05, 4.69) is 4.90 Å². The van der Waals surface area contributed by atoms with Crippen LogP contribution < -0.4 is 0 Å². The first kappa shape index (κ1) is 8.25. The fourth-order valence-corrected chi connectivity index (χ4v) is 2.89. The summed E-state index contributed by atoms with van der Waals surface area (Å²) in [7, 11) is 1.84. The highest BCUT2D eigenvalue weighted by molar-refractivity contribution is 5.03. The Morgan fingerprint density at radius 1 is 1.23 bits per heavy atom. The molecular formula is C11H19NO. The Balaban J connectivity index is 1.52. The molecular weight excluding hydrogens is 162 g/mol. The maximum atomic E-state index is 5.32. The van der Waals surface area contributed by atoms with Gasteiger partial charge in [-0.05, 0) is 44.1 Å². The lowest BCUT2D eigenvalue weighted by Crippen LogP contribution is -2.46. The molecule has 0 aromatic carbocycles. The van der Waals surface area contributed by atoms with Gasteiger partial charge in [0.15, 0.2) is 0 Å². The van der Waals surface area contributed by atoms with E-state index in [9.17, 15) is 0 Å². The zero-order valence-electron chi connectivity index (χ0n) is 8.46. The van der Waals surface area contributed by atoms with Crippen LogP contribution in [-0.2, 0) is 4.74 Å². The van der Waals surface area contributed by atoms with Crippen LogP contribution >= 0.6 is 0 Å². The molecule has 0 bridgehead atoms. The van der Waals surface area contributed by atoms with E-state index in [-0.39, 0.29) is 0 Å². The highest BCUT2D eigenvalue weighted by Crippen LogP contribution is 2.53. The van der Waals surface area contributed by atoms with E-state index >= 15 is 0 Å². The first-order valence-corrected chi connectivity index (χ1v) is 5.58. The normalized spacial score (nSPS) is 42.2. The van der Waals surface area contributed by atoms with Crippen LogP contribution in [0.4, 0.5) is 0 Å². The molecule has 1 saturated heterocycles. The predicted octanol–water partition coefficient (Wildman–Crippen LogP) is 1.65. The molecule has 1 heterocycles. The molecule has 2 aliphatic carbocycles. The second kappa shape index (κ2) is 2.71. The van der Waals surface area contributed by atoms with Gasteiger partial charge >= 0.3 is 0 Å². The van der Waals surface area contributed by atoms with Crippen LogP contribution in [0.15, 0.2) is 0 Å². The van der Waals surface area contributed by atoms with E-state index in [1.807, 2.05) is 7.11 Å². The van der Waals surface area contributed by atoms with Crippen molar-refractivity contribution >= 4 is 0 Å². The minimum atomic E-state index is 0.570. The topological polar surface area (TPSA) is 12.5 Å². The van der Waals surface area contributed by atoms with Gasteiger partial charge in [0.2, 0.25) is 0 Å². The quantitative estimate of drug-likeness (QED) is 0.642. The van der Waals surface area contributed by atoms with Crippen molar-refractivity contribution in [2.45, 2.75) is 44.2 Å². The van der Waals surface area contributed by atoms with Crippen molar-refractivity contribution in [2.24, 2.45) is 5.41 Å². The summed E-state index contributed by atoms with van der Waals surface area (Å²) < 4.78 is 5.32. The van der Waals surface area contributed by atoms with E-state index in [1.54, 1.807) is 0 Å². The Labute approximate surface area is 80.2 Å². The standard InChI is InChI=1S/C11H19NO/c1-13-10-6-9(7-10)12-5-4-11(8-12)2-3-11/h9-10H,2-8H2,1H3. The van der Waals surface area contributed by atoms with Gasteiger partial charge in [-0.25, -0.2) is 0 Å². The maximum absolute atomic E-state index is 5.32. The number of rotatable bonds is 2. The van der Waals surface area contributed by atoms with Crippen LogP contribution in [0, 0.1) is 5.41 Å². The number of nitrogens with zero attached hydrogens (tertiary/aromatic N) is 1. The van der Waals surface area contributed by atoms with Gasteiger partial charge < -0.3 is 4.74 Å². The summed E-state index contributed by atoms with van der Waals surface area (Å²) in [6.45, 7) is 2.76. The van der Waals surface area contributed by atoms with Crippen molar-refractivity contribution in [3.05, 3.63) is 0 Å². The van der Waals surface area contributed by atoms with Crippen LogP contribution in [0.3, 0.4) is 0 Å². The number of hydrogen-bond acceptors (Lipinski definition) is 2. The molecule has 2 nitrogen and oxygen atoms in total. The molecule has 3 aliphatic rings. The average molecular weight is 181 g/mol. The van der Waals surface area contributed by atoms with Crippen molar-refractivity contribution in [2.75, 3.05) is 20.2 Å². The lowest BCUT2D eigenvalue weighted by atomic mass is 9.88. The van der Waals surface area contributed by atoms with Crippen molar-refractivity contribution in [1.82, 2.24) is 4.90 Å². The first-order valence-electron chi connectivity index (χ1n) is 5.58. The molecule has 0 aromatic heterocycles. The molecule has 1 aliphatic heterocycles. The second-order valence-electron chi connectivity index (χ2n) is 5.20. The molecule has 2 heteroatoms. The minimum absolute atomic E-state index is 0.570. The lowest BCUT2D eigenvalue weighted by molar-refractivity contribution is -0.0214. The van der Waals surface area contributed by atoms with Gasteiger partial charge in [-0.15, -0.1) is 0 Å². The number of ether oxygens (including phenoxy) is 1. The van der Waals surface area contributed by atoms with Gasteiger partial charge in [-0.1, -0.05) is 0 Å². The monoisotopic (exact) mass is 181 g/mol. The fourth-order valence-electron chi connectivity index (χ4n) is 2.89. The average Bonchev–Trinajstić information content (AvgIpc) is 2.65. The predicted molar refractivity (Wildman–Crippen MR) is 51.7 cm³/mol. The molecule has 0 radical (unpaired) electrons. The van der Waals surface area contributed by atoms with Crippen LogP contribution in [0.1, 0.15) is 32.1 Å². The zero-order valence-corrected chi connectivity index (χ0v) is 8.46. The van der Waals surface area contributed by atoms with E-state index in [0.29, 0.717) is 6.10 Å². The minimum Gasteiger partial charge on any atom is -0.381 e. The SMILES string of the molecule is COC1CC(N2CCC3(CC3)C2)C1. The van der Waals surface area contributed by atoms with Gasteiger partial charge in [-0.3, -0.25) is 4.90 Å². The summed E-state index contributed by atoms with van der Waals surface area (Å²) in [6, 6.07) is 0.866. The Hall–Kier alpha value is -0.0800. The van der Waals surface area contributed by atoms with Crippen LogP contribution in [0.25, 0.3) is 0 Å². The molecule has 2 saturated carbocycles. The Kier molecular flexibility index (Phi) is 1.72. The van der Waals surface area contributed by atoms with E-state index < -0.39 is 0 Å². The highest BCUT2D eigenvalue weighted by atomic mass is 16.5. The third-order valence-corrected chi connectivity index (χ3v) is 4.34. The fraction of sp³-hybridized carbons (Fsp3) is 1.00. The molecule has 13 heavy (non-hydrogen) atoms. The highest BCUT2D eigenvalue weighted by Gasteiger charge is 2.50. The van der Waals surface area contributed by atoms with Gasteiger partial charge in [-0.2, -0.15) is 0 Å². The van der Waals surface area contributed by atoms with Gasteiger partial charge in [0.25, 0.3) is 0 Å². The zero-order chi connectivity index (χ0) is 8.89. The van der Waals surface area contributed by atoms with Crippen LogP contribution in [0.5, 0.6) is 0 Å². The smallest absolute Gasteiger partial charge is 0.0601 e. The third kappa shape index (κ3) is 1.31. The largest absolute Gasteiger partial charge is 0.381 e. The van der Waals surface area contributed by atoms with Crippen LogP contribution in [-0.4, -0.2) is 37.2 Å². The van der Waals surface area contributed by atoms with Crippen molar-refractivity contribution < 1.29 is 4.74 Å². The molecule has 0 N–H and O–H groups in total. The summed E-state index contributed by atoms with van der Waals surface area (Å²) in [6.07, 6.45) is 7.62. The molecule has 74 valence electrons. The molecule has 1 spiro atoms. The van der Waals surface area contributed by atoms with Crippen molar-refractivity contribution in [3.8, 4) is 0 Å². The Bertz CT molecular complexity index is 206. The number of hydrogen-bond donors (Lipinski definition) is 0. The van der Waals surface area contributed by atoms with Crippen molar-refractivity contribution in [3.63, 3.8) is 0 Å². The van der Waals surface area contributed by atoms with Crippen LogP contribution in [0.2, 0.25) is 0 Å². The molecule has 3 rings (SSSR count). The van der Waals surface area contributed by atoms with E-state index in [0.717, 1.165) is 11.5 Å². The maximum Gasteiger partial charge on any atom is 0.0601 e. The Morgan fingerprint density at radius 3 is 2.54 bits per heavy atom. The van der Waals surface area contributed by atoms with E-state index in [4.69, 9.17) is 4.74 Å². The molecule has 3 fully saturated rings. The third-order valence-electron chi connectivity index (χ3n) is 4.34. The summed E-state index contributed by atoms with van der Waals surface area (Å²) in [5.74, 6) is 0. The second-order valence-corrected chi connectivity index (χ2v) is 5.20. The molecule has 0 atom stereocenters. The van der Waals surface area contributed by atoms with E-state index in [1.165, 1.54) is 45.2 Å². The van der Waals surface area contributed by atoms with Crippen molar-refractivity contribution in [1.29, 1.82) is 0 Å². The summed E-state index contributed by atoms with van der Waals surface area (Å²) in [5.41, 5.74) is 0.804.